The van der Waals surface area contributed by atoms with Crippen LogP contribution in [0.15, 0.2) is 54.6 Å². The van der Waals surface area contributed by atoms with E-state index < -0.39 is 15.9 Å². The summed E-state index contributed by atoms with van der Waals surface area (Å²) >= 11 is 0. The average molecular weight is 348 g/mol. The molecule has 2 aromatic rings. The third-order valence-electron chi connectivity index (χ3n) is 3.10. The third kappa shape index (κ3) is 6.02. The fourth-order valence-electron chi connectivity index (χ4n) is 2.02. The largest absolute Gasteiger partial charge is 0.494 e. The molecule has 1 amide bonds. The van der Waals surface area contributed by atoms with Crippen LogP contribution in [-0.2, 0) is 20.6 Å². The third-order valence-corrected chi connectivity index (χ3v) is 4.40. The zero-order valence-electron chi connectivity index (χ0n) is 13.4. The molecule has 2 N–H and O–H groups in total. The number of hydrogen-bond donors (Lipinski definition) is 2. The number of amides is 1. The van der Waals surface area contributed by atoms with Gasteiger partial charge in [-0.15, -0.1) is 0 Å². The Kier molecular flexibility index (Phi) is 6.34. The number of carbonyl (C=O) groups is 1. The van der Waals surface area contributed by atoms with Crippen LogP contribution in [0.25, 0.3) is 0 Å². The second-order valence-electron chi connectivity index (χ2n) is 5.07. The maximum atomic E-state index is 12.0. The van der Waals surface area contributed by atoms with E-state index in [0.717, 1.165) is 0 Å². The molecule has 24 heavy (non-hydrogen) atoms. The van der Waals surface area contributed by atoms with Crippen molar-refractivity contribution in [3.8, 4) is 5.75 Å². The van der Waals surface area contributed by atoms with Crippen molar-refractivity contribution < 1.29 is 17.9 Å². The highest BCUT2D eigenvalue weighted by atomic mass is 32.2. The van der Waals surface area contributed by atoms with E-state index in [9.17, 15) is 13.2 Å². The van der Waals surface area contributed by atoms with E-state index >= 15 is 0 Å². The summed E-state index contributed by atoms with van der Waals surface area (Å²) in [6, 6.07) is 15.7. The Morgan fingerprint density at radius 2 is 1.71 bits per heavy atom. The first kappa shape index (κ1) is 18.0. The van der Waals surface area contributed by atoms with Gasteiger partial charge in [0.1, 0.15) is 5.75 Å². The van der Waals surface area contributed by atoms with Gasteiger partial charge in [0.15, 0.2) is 0 Å². The average Bonchev–Trinajstić information content (AvgIpc) is 2.56. The summed E-state index contributed by atoms with van der Waals surface area (Å²) in [6.45, 7) is 2.12. The summed E-state index contributed by atoms with van der Waals surface area (Å²) in [5.74, 6) is 0.0724. The van der Waals surface area contributed by atoms with E-state index in [4.69, 9.17) is 4.74 Å². The lowest BCUT2D eigenvalue weighted by Crippen LogP contribution is -2.33. The van der Waals surface area contributed by atoms with Crippen molar-refractivity contribution in [1.82, 2.24) is 4.72 Å². The molecule has 0 aliphatic carbocycles. The van der Waals surface area contributed by atoms with E-state index in [1.165, 1.54) is 0 Å². The first-order valence-electron chi connectivity index (χ1n) is 7.52. The molecule has 0 saturated carbocycles. The van der Waals surface area contributed by atoms with Crippen LogP contribution in [0.4, 0.5) is 5.69 Å². The first-order chi connectivity index (χ1) is 11.5. The van der Waals surface area contributed by atoms with Crippen molar-refractivity contribution in [3.05, 3.63) is 60.2 Å². The number of hydrogen-bond acceptors (Lipinski definition) is 4. The lowest BCUT2D eigenvalue weighted by Gasteiger charge is -2.08. The van der Waals surface area contributed by atoms with Crippen molar-refractivity contribution >= 4 is 21.6 Å². The van der Waals surface area contributed by atoms with Crippen molar-refractivity contribution in [2.45, 2.75) is 12.7 Å². The van der Waals surface area contributed by atoms with Crippen molar-refractivity contribution in [1.29, 1.82) is 0 Å². The van der Waals surface area contributed by atoms with E-state index in [1.807, 2.05) is 13.0 Å². The predicted octanol–water partition coefficient (Wildman–Crippen LogP) is 2.14. The standard InChI is InChI=1S/C17H20N2O4S/c1-2-23-16-10-8-14(9-11-16)13-24(21,22)18-12-17(20)19-15-6-4-3-5-7-15/h3-11,18H,2,12-13H2,1H3,(H,19,20). The van der Waals surface area contributed by atoms with Crippen LogP contribution in [0, 0.1) is 0 Å². The molecule has 0 unspecified atom stereocenters. The Bertz CT molecular complexity index is 759. The molecule has 2 rings (SSSR count). The van der Waals surface area contributed by atoms with Gasteiger partial charge in [-0.1, -0.05) is 30.3 Å². The molecule has 0 spiro atoms. The topological polar surface area (TPSA) is 84.5 Å². The maximum Gasteiger partial charge on any atom is 0.239 e. The molecule has 0 saturated heterocycles. The van der Waals surface area contributed by atoms with Gasteiger partial charge >= 0.3 is 0 Å². The monoisotopic (exact) mass is 348 g/mol. The molecular weight excluding hydrogens is 328 g/mol. The number of benzene rings is 2. The molecule has 0 aliphatic rings. The fraction of sp³-hybridized carbons (Fsp3) is 0.235. The van der Waals surface area contributed by atoms with Crippen molar-refractivity contribution in [3.63, 3.8) is 0 Å². The lowest BCUT2D eigenvalue weighted by molar-refractivity contribution is -0.115. The molecule has 0 radical (unpaired) electrons. The second-order valence-corrected chi connectivity index (χ2v) is 6.88. The zero-order chi connectivity index (χ0) is 17.4. The number of rotatable bonds is 8. The SMILES string of the molecule is CCOc1ccc(CS(=O)(=O)NCC(=O)Nc2ccccc2)cc1. The number of nitrogens with one attached hydrogen (secondary N) is 2. The smallest absolute Gasteiger partial charge is 0.239 e. The fourth-order valence-corrected chi connectivity index (χ4v) is 3.11. The quantitative estimate of drug-likeness (QED) is 0.765. The molecule has 0 bridgehead atoms. The molecule has 0 fully saturated rings. The summed E-state index contributed by atoms with van der Waals surface area (Å²) < 4.78 is 31.7. The zero-order valence-corrected chi connectivity index (χ0v) is 14.2. The molecule has 0 heterocycles. The Balaban J connectivity index is 1.85. The molecule has 0 atom stereocenters. The molecule has 0 aromatic heterocycles. The summed E-state index contributed by atoms with van der Waals surface area (Å²) in [6.07, 6.45) is 0. The van der Waals surface area contributed by atoms with Gasteiger partial charge in [-0.3, -0.25) is 4.79 Å². The summed E-state index contributed by atoms with van der Waals surface area (Å²) in [5.41, 5.74) is 1.24. The molecule has 6 nitrogen and oxygen atoms in total. The van der Waals surface area contributed by atoms with Gasteiger partial charge in [0.25, 0.3) is 0 Å². The Morgan fingerprint density at radius 1 is 1.04 bits per heavy atom. The summed E-state index contributed by atoms with van der Waals surface area (Å²) in [5, 5.41) is 2.62. The van der Waals surface area contributed by atoms with Crippen LogP contribution >= 0.6 is 0 Å². The highest BCUT2D eigenvalue weighted by Gasteiger charge is 2.13. The van der Waals surface area contributed by atoms with Crippen molar-refractivity contribution in [2.24, 2.45) is 0 Å². The normalized spacial score (nSPS) is 11.0. The predicted molar refractivity (Wildman–Crippen MR) is 93.3 cm³/mol. The number of anilines is 1. The van der Waals surface area contributed by atoms with Gasteiger partial charge < -0.3 is 10.1 Å². The van der Waals surface area contributed by atoms with E-state index in [2.05, 4.69) is 10.0 Å². The highest BCUT2D eigenvalue weighted by Crippen LogP contribution is 2.13. The number of para-hydroxylation sites is 1. The molecule has 0 aliphatic heterocycles. The van der Waals surface area contributed by atoms with Crippen LogP contribution in [0.3, 0.4) is 0 Å². The Morgan fingerprint density at radius 3 is 2.33 bits per heavy atom. The Hall–Kier alpha value is -2.38. The van der Waals surface area contributed by atoms with Crippen LogP contribution in [-0.4, -0.2) is 27.5 Å². The van der Waals surface area contributed by atoms with Gasteiger partial charge in [0.2, 0.25) is 15.9 Å². The van der Waals surface area contributed by atoms with Gasteiger partial charge in [-0.05, 0) is 36.8 Å². The highest BCUT2D eigenvalue weighted by molar-refractivity contribution is 7.88. The van der Waals surface area contributed by atoms with E-state index in [0.29, 0.717) is 23.6 Å². The van der Waals surface area contributed by atoms with Crippen molar-refractivity contribution in [2.75, 3.05) is 18.5 Å². The van der Waals surface area contributed by atoms with Crippen LogP contribution < -0.4 is 14.8 Å². The molecule has 2 aromatic carbocycles. The molecule has 7 heteroatoms. The minimum atomic E-state index is -3.60. The van der Waals surface area contributed by atoms with E-state index in [1.54, 1.807) is 48.5 Å². The molecular formula is C17H20N2O4S. The van der Waals surface area contributed by atoms with Gasteiger partial charge in [0.05, 0.1) is 18.9 Å². The van der Waals surface area contributed by atoms with Gasteiger partial charge in [-0.2, -0.15) is 0 Å². The van der Waals surface area contributed by atoms with E-state index in [-0.39, 0.29) is 12.3 Å². The summed E-state index contributed by atoms with van der Waals surface area (Å²) in [4.78, 5) is 11.8. The Labute approximate surface area is 141 Å². The van der Waals surface area contributed by atoms with Crippen LogP contribution in [0.1, 0.15) is 12.5 Å². The first-order valence-corrected chi connectivity index (χ1v) is 9.18. The van der Waals surface area contributed by atoms with Gasteiger partial charge in [-0.25, -0.2) is 13.1 Å². The van der Waals surface area contributed by atoms with Crippen LogP contribution in [0.2, 0.25) is 0 Å². The second kappa shape index (κ2) is 8.47. The number of sulfonamides is 1. The number of ether oxygens (including phenoxy) is 1. The minimum Gasteiger partial charge on any atom is -0.494 e. The lowest BCUT2D eigenvalue weighted by atomic mass is 10.2. The van der Waals surface area contributed by atoms with Gasteiger partial charge in [0, 0.05) is 5.69 Å². The summed E-state index contributed by atoms with van der Waals surface area (Å²) in [7, 11) is -3.60. The van der Waals surface area contributed by atoms with Crippen LogP contribution in [0.5, 0.6) is 5.75 Å². The molecule has 128 valence electrons. The minimum absolute atomic E-state index is 0.196. The maximum absolute atomic E-state index is 12.0. The number of carbonyl (C=O) groups excluding carboxylic acids is 1.